The number of aromatic nitrogens is 2. The van der Waals surface area contributed by atoms with Gasteiger partial charge in [0.05, 0.1) is 18.6 Å². The third-order valence-electron chi connectivity index (χ3n) is 9.13. The zero-order valence-corrected chi connectivity index (χ0v) is 26.9. The summed E-state index contributed by atoms with van der Waals surface area (Å²) in [6.45, 7) is 11.0. The van der Waals surface area contributed by atoms with Gasteiger partial charge in [0.15, 0.2) is 0 Å². The lowest BCUT2D eigenvalue weighted by Gasteiger charge is -2.19. The molecule has 1 saturated heterocycles. The molecule has 0 aliphatic carbocycles. The molecule has 11 nitrogen and oxygen atoms in total. The summed E-state index contributed by atoms with van der Waals surface area (Å²) < 4.78 is 0. The molecule has 1 fully saturated rings. The maximum Gasteiger partial charge on any atom is 0.303 e. The van der Waals surface area contributed by atoms with E-state index in [1.54, 1.807) is 6.08 Å². The van der Waals surface area contributed by atoms with Crippen molar-refractivity contribution in [2.24, 2.45) is 11.8 Å². The Labute approximate surface area is 267 Å². The van der Waals surface area contributed by atoms with Gasteiger partial charge in [0.25, 0.3) is 5.91 Å². The van der Waals surface area contributed by atoms with Crippen molar-refractivity contribution in [1.82, 2.24) is 20.6 Å². The first-order chi connectivity index (χ1) is 21.3. The predicted molar refractivity (Wildman–Crippen MR) is 173 cm³/mol. The fourth-order valence-electron chi connectivity index (χ4n) is 6.60. The lowest BCUT2D eigenvalue weighted by molar-refractivity contribution is -0.138. The van der Waals surface area contributed by atoms with Crippen molar-refractivity contribution < 1.29 is 34.5 Å². The minimum Gasteiger partial charge on any atom is -0.481 e. The molecule has 2 amide bonds. The van der Waals surface area contributed by atoms with Crippen LogP contribution in [0.15, 0.2) is 29.5 Å². The van der Waals surface area contributed by atoms with E-state index in [-0.39, 0.29) is 54.9 Å². The van der Waals surface area contributed by atoms with Gasteiger partial charge in [-0.05, 0) is 67.5 Å². The van der Waals surface area contributed by atoms with Gasteiger partial charge >= 0.3 is 11.9 Å². The summed E-state index contributed by atoms with van der Waals surface area (Å²) in [5.74, 6) is -3.24. The average molecular weight is 639 g/mol. The van der Waals surface area contributed by atoms with E-state index in [0.717, 1.165) is 44.9 Å². The number of rotatable bonds is 14. The summed E-state index contributed by atoms with van der Waals surface area (Å²) >= 11 is 4.57. The van der Waals surface area contributed by atoms with Crippen LogP contribution in [0.2, 0.25) is 0 Å². The highest BCUT2D eigenvalue weighted by Gasteiger charge is 2.40. The lowest BCUT2D eigenvalue weighted by Crippen LogP contribution is -2.30. The molecule has 4 rings (SSSR count). The first kappa shape index (κ1) is 33.9. The van der Waals surface area contributed by atoms with Gasteiger partial charge in [-0.25, -0.2) is 0 Å². The van der Waals surface area contributed by atoms with Crippen molar-refractivity contribution in [2.45, 2.75) is 77.5 Å². The Morgan fingerprint density at radius 2 is 1.58 bits per heavy atom. The number of thiol groups is 1. The van der Waals surface area contributed by atoms with Gasteiger partial charge in [0.2, 0.25) is 5.91 Å². The fourth-order valence-corrected chi connectivity index (χ4v) is 6.97. The number of aliphatic hydroxyl groups excluding tert-OH is 1. The van der Waals surface area contributed by atoms with Gasteiger partial charge in [-0.15, -0.1) is 0 Å². The van der Waals surface area contributed by atoms with E-state index in [0.29, 0.717) is 36.2 Å². The number of hydrogen-bond donors (Lipinski definition) is 8. The fraction of sp³-hybridized carbons (Fsp3) is 0.455. The molecule has 2 aromatic rings. The molecule has 0 saturated carbocycles. The van der Waals surface area contributed by atoms with Crippen molar-refractivity contribution in [3.8, 4) is 0 Å². The van der Waals surface area contributed by atoms with E-state index < -0.39 is 17.9 Å². The van der Waals surface area contributed by atoms with Crippen LogP contribution < -0.4 is 10.6 Å². The highest BCUT2D eigenvalue weighted by Crippen LogP contribution is 2.35. The highest BCUT2D eigenvalue weighted by atomic mass is 32.1. The number of aliphatic carboxylic acids is 2. The van der Waals surface area contributed by atoms with Crippen LogP contribution in [0.5, 0.6) is 0 Å². The predicted octanol–water partition coefficient (Wildman–Crippen LogP) is 3.14. The standard InChI is InChI=1S/C33H42N4O7S/c1-6-19-15(2)25(36-32(19)43)11-23-16(3)20(7-9-29(39)40)26(34-23)13-27-21(8-10-30(41)42)17(4)24(35-27)12-28-31(18(5)45)22(14-38)33(44)37-28/h6,12,18,22,25,31,34-35,38,45H,1,7-11,13-14H2,2-5H3,(H,36,43)(H,37,44)(H,39,40)(H,41,42)/b28-12-/t18-,22+,25+,31+/m0/s1. The number of H-pyrrole nitrogens is 2. The molecule has 2 aliphatic heterocycles. The smallest absolute Gasteiger partial charge is 0.303 e. The molecular formula is C33H42N4O7S. The first-order valence-corrected chi connectivity index (χ1v) is 15.6. The Bertz CT molecular complexity index is 1600. The summed E-state index contributed by atoms with van der Waals surface area (Å²) in [5.41, 5.74) is 8.73. The van der Waals surface area contributed by atoms with E-state index in [9.17, 15) is 34.5 Å². The number of carboxylic acids is 2. The Hall–Kier alpha value is -4.03. The minimum atomic E-state index is -0.930. The van der Waals surface area contributed by atoms with Gasteiger partial charge in [-0.3, -0.25) is 19.2 Å². The molecule has 0 radical (unpaired) electrons. The number of nitrogens with one attached hydrogen (secondary N) is 4. The van der Waals surface area contributed by atoms with Crippen LogP contribution in [0.3, 0.4) is 0 Å². The van der Waals surface area contributed by atoms with E-state index in [4.69, 9.17) is 0 Å². The van der Waals surface area contributed by atoms with Crippen LogP contribution >= 0.6 is 12.6 Å². The molecular weight excluding hydrogens is 596 g/mol. The summed E-state index contributed by atoms with van der Waals surface area (Å²) in [6, 6.07) is -0.230. The quantitative estimate of drug-likeness (QED) is 0.146. The SMILES string of the molecule is C=CC1=C(C)[C@@H](Cc2[nH]c(Cc3[nH]c(/C=C4\NC(=O)[C@H](CO)[C@H]4[C@H](C)S)c(C)c3CCC(=O)O)c(CCC(=O)O)c2C)NC1=O. The molecule has 0 aromatic carbocycles. The summed E-state index contributed by atoms with van der Waals surface area (Å²) in [6.07, 6.45) is 4.66. The molecule has 12 heteroatoms. The van der Waals surface area contributed by atoms with Crippen molar-refractivity contribution in [1.29, 1.82) is 0 Å². The third kappa shape index (κ3) is 7.12. The van der Waals surface area contributed by atoms with Gasteiger partial charge in [0.1, 0.15) is 0 Å². The maximum atomic E-state index is 12.6. The lowest BCUT2D eigenvalue weighted by atomic mass is 9.90. The van der Waals surface area contributed by atoms with E-state index in [1.165, 1.54) is 0 Å². The Kier molecular flexibility index (Phi) is 10.5. The molecule has 2 aromatic heterocycles. The van der Waals surface area contributed by atoms with E-state index >= 15 is 0 Å². The molecule has 7 N–H and O–H groups in total. The van der Waals surface area contributed by atoms with Crippen LogP contribution in [0.1, 0.15) is 71.7 Å². The second kappa shape index (κ2) is 13.9. The average Bonchev–Trinajstić information content (AvgIpc) is 3.63. The van der Waals surface area contributed by atoms with E-state index in [1.807, 2.05) is 33.8 Å². The van der Waals surface area contributed by atoms with Gasteiger partial charge in [-0.1, -0.05) is 19.6 Å². The molecule has 4 heterocycles. The Balaban J connectivity index is 1.76. The summed E-state index contributed by atoms with van der Waals surface area (Å²) in [4.78, 5) is 55.1. The third-order valence-corrected chi connectivity index (χ3v) is 9.45. The number of amides is 2. The topological polar surface area (TPSA) is 185 Å². The molecule has 0 bridgehead atoms. The van der Waals surface area contributed by atoms with Crippen LogP contribution in [-0.2, 0) is 44.9 Å². The largest absolute Gasteiger partial charge is 0.481 e. The number of aliphatic hydroxyl groups is 1. The number of carbonyl (C=O) groups is 4. The molecule has 4 atom stereocenters. The molecule has 0 spiro atoms. The number of allylic oxidation sites excluding steroid dienone is 1. The summed E-state index contributed by atoms with van der Waals surface area (Å²) in [5, 5.41) is 34.5. The van der Waals surface area contributed by atoms with Gasteiger partial charge in [-0.2, -0.15) is 12.6 Å². The van der Waals surface area contributed by atoms with Crippen molar-refractivity contribution in [2.75, 3.05) is 6.61 Å². The normalized spacial score (nSPS) is 21.4. The number of carboxylic acid groups (broad SMARTS) is 2. The second-order valence-electron chi connectivity index (χ2n) is 11.9. The molecule has 242 valence electrons. The van der Waals surface area contributed by atoms with Crippen LogP contribution in [0.25, 0.3) is 6.08 Å². The van der Waals surface area contributed by atoms with Crippen molar-refractivity contribution in [3.63, 3.8) is 0 Å². The maximum absolute atomic E-state index is 12.6. The molecule has 45 heavy (non-hydrogen) atoms. The molecule has 0 unspecified atom stereocenters. The zero-order chi connectivity index (χ0) is 33.2. The van der Waals surface area contributed by atoms with Crippen LogP contribution in [0, 0.1) is 25.7 Å². The second-order valence-corrected chi connectivity index (χ2v) is 12.8. The van der Waals surface area contributed by atoms with Gasteiger partial charge in [0, 0.05) is 70.9 Å². The minimum absolute atomic E-state index is 0.0627. The van der Waals surface area contributed by atoms with E-state index in [2.05, 4.69) is 39.8 Å². The Morgan fingerprint density at radius 1 is 0.978 bits per heavy atom. The van der Waals surface area contributed by atoms with Crippen LogP contribution in [0.4, 0.5) is 0 Å². The number of aromatic amines is 2. The zero-order valence-electron chi connectivity index (χ0n) is 26.0. The molecule has 2 aliphatic rings. The van der Waals surface area contributed by atoms with Crippen LogP contribution in [-0.4, -0.2) is 66.9 Å². The first-order valence-electron chi connectivity index (χ1n) is 15.1. The number of hydrogen-bond acceptors (Lipinski definition) is 6. The van der Waals surface area contributed by atoms with Crippen molar-refractivity contribution >= 4 is 42.5 Å². The summed E-state index contributed by atoms with van der Waals surface area (Å²) in [7, 11) is 0. The highest BCUT2D eigenvalue weighted by molar-refractivity contribution is 7.80. The van der Waals surface area contributed by atoms with Crippen molar-refractivity contribution in [3.05, 3.63) is 74.5 Å². The van der Waals surface area contributed by atoms with Gasteiger partial charge < -0.3 is 35.9 Å². The Morgan fingerprint density at radius 3 is 2.11 bits per heavy atom. The monoisotopic (exact) mass is 638 g/mol. The number of carbonyl (C=O) groups excluding carboxylic acids is 2.